The van der Waals surface area contributed by atoms with Gasteiger partial charge in [-0.15, -0.1) is 0 Å². The Balaban J connectivity index is 1.72. The lowest BCUT2D eigenvalue weighted by atomic mass is 9.81. The molecule has 2 aromatic heterocycles. The van der Waals surface area contributed by atoms with Crippen LogP contribution < -0.4 is 4.90 Å². The standard InChI is InChI=1S/C28H23N5/c1-28(2,3)22-10-6-18-5-9-21-23(11-7-19-4-8-20(22)26(18)27(19)21)33(24-12-14-29-16-31-24)25-13-15-30-17-32-25/h4-17H,1-3H3. The fourth-order valence-electron chi connectivity index (χ4n) is 4.83. The van der Waals surface area contributed by atoms with Crippen molar-refractivity contribution in [1.82, 2.24) is 19.9 Å². The molecule has 0 atom stereocenters. The van der Waals surface area contributed by atoms with Gasteiger partial charge in [0.05, 0.1) is 5.69 Å². The van der Waals surface area contributed by atoms with Gasteiger partial charge in [-0.1, -0.05) is 63.2 Å². The second-order valence-electron chi connectivity index (χ2n) is 9.34. The van der Waals surface area contributed by atoms with Gasteiger partial charge in [0.15, 0.2) is 0 Å². The van der Waals surface area contributed by atoms with E-state index in [1.54, 1.807) is 25.0 Å². The van der Waals surface area contributed by atoms with Crippen molar-refractivity contribution in [3.63, 3.8) is 0 Å². The zero-order valence-electron chi connectivity index (χ0n) is 18.8. The van der Waals surface area contributed by atoms with Crippen LogP contribution in [0.5, 0.6) is 0 Å². The first-order chi connectivity index (χ1) is 16.0. The lowest BCUT2D eigenvalue weighted by molar-refractivity contribution is 0.596. The molecule has 0 N–H and O–H groups in total. The molecule has 33 heavy (non-hydrogen) atoms. The SMILES string of the molecule is CC(C)(C)c1ccc2ccc3c(N(c4ccncn4)c4ccncn4)ccc4ccc1c2c43. The van der Waals surface area contributed by atoms with Gasteiger partial charge in [0.25, 0.3) is 0 Å². The molecule has 0 aliphatic carbocycles. The molecule has 5 nitrogen and oxygen atoms in total. The summed E-state index contributed by atoms with van der Waals surface area (Å²) in [7, 11) is 0. The van der Waals surface area contributed by atoms with E-state index in [0.29, 0.717) is 0 Å². The van der Waals surface area contributed by atoms with Gasteiger partial charge in [0.1, 0.15) is 24.3 Å². The van der Waals surface area contributed by atoms with Crippen molar-refractivity contribution in [2.24, 2.45) is 0 Å². The van der Waals surface area contributed by atoms with Crippen LogP contribution in [-0.4, -0.2) is 19.9 Å². The minimum atomic E-state index is 0.0547. The molecular formula is C28H23N5. The van der Waals surface area contributed by atoms with Crippen LogP contribution in [0.3, 0.4) is 0 Å². The van der Waals surface area contributed by atoms with Gasteiger partial charge in [0, 0.05) is 17.8 Å². The first-order valence-corrected chi connectivity index (χ1v) is 11.1. The van der Waals surface area contributed by atoms with E-state index in [1.165, 1.54) is 32.5 Å². The number of anilines is 3. The molecule has 0 aliphatic rings. The highest BCUT2D eigenvalue weighted by atomic mass is 15.2. The molecule has 0 saturated heterocycles. The third-order valence-corrected chi connectivity index (χ3v) is 6.28. The molecule has 0 saturated carbocycles. The maximum Gasteiger partial charge on any atom is 0.142 e. The van der Waals surface area contributed by atoms with Gasteiger partial charge in [-0.25, -0.2) is 19.9 Å². The molecule has 6 aromatic rings. The van der Waals surface area contributed by atoms with Crippen LogP contribution in [0, 0.1) is 0 Å². The molecule has 2 heterocycles. The third-order valence-electron chi connectivity index (χ3n) is 6.28. The van der Waals surface area contributed by atoms with Gasteiger partial charge >= 0.3 is 0 Å². The monoisotopic (exact) mass is 429 g/mol. The van der Waals surface area contributed by atoms with E-state index < -0.39 is 0 Å². The molecule has 160 valence electrons. The topological polar surface area (TPSA) is 54.8 Å². The van der Waals surface area contributed by atoms with E-state index in [9.17, 15) is 0 Å². The predicted octanol–water partition coefficient (Wildman–Crippen LogP) is 6.93. The highest BCUT2D eigenvalue weighted by Gasteiger charge is 2.22. The minimum absolute atomic E-state index is 0.0547. The summed E-state index contributed by atoms with van der Waals surface area (Å²) in [6.07, 6.45) is 6.63. The summed E-state index contributed by atoms with van der Waals surface area (Å²) in [4.78, 5) is 19.4. The van der Waals surface area contributed by atoms with Gasteiger partial charge in [0.2, 0.25) is 0 Å². The molecule has 0 spiro atoms. The Bertz CT molecular complexity index is 1550. The van der Waals surface area contributed by atoms with E-state index in [4.69, 9.17) is 0 Å². The Hall–Kier alpha value is -4.12. The average molecular weight is 430 g/mol. The summed E-state index contributed by atoms with van der Waals surface area (Å²) >= 11 is 0. The van der Waals surface area contributed by atoms with Gasteiger partial charge in [-0.05, 0) is 56.1 Å². The Kier molecular flexibility index (Phi) is 4.27. The van der Waals surface area contributed by atoms with E-state index >= 15 is 0 Å². The molecular weight excluding hydrogens is 406 g/mol. The summed E-state index contributed by atoms with van der Waals surface area (Å²) in [5, 5.41) is 7.53. The van der Waals surface area contributed by atoms with Crippen LogP contribution in [0.25, 0.3) is 32.3 Å². The van der Waals surface area contributed by atoms with Gasteiger partial charge in [-0.3, -0.25) is 4.90 Å². The molecule has 0 bridgehead atoms. The normalized spacial score (nSPS) is 12.1. The van der Waals surface area contributed by atoms with Crippen LogP contribution in [-0.2, 0) is 5.41 Å². The van der Waals surface area contributed by atoms with E-state index in [2.05, 4.69) is 94.1 Å². The number of aromatic nitrogens is 4. The highest BCUT2D eigenvalue weighted by Crippen LogP contribution is 2.44. The second-order valence-corrected chi connectivity index (χ2v) is 9.34. The van der Waals surface area contributed by atoms with Crippen molar-refractivity contribution in [1.29, 1.82) is 0 Å². The van der Waals surface area contributed by atoms with E-state index in [0.717, 1.165) is 22.7 Å². The smallest absolute Gasteiger partial charge is 0.142 e. The zero-order valence-corrected chi connectivity index (χ0v) is 18.8. The maximum absolute atomic E-state index is 4.54. The Morgan fingerprint density at radius 3 is 1.73 bits per heavy atom. The van der Waals surface area contributed by atoms with Crippen molar-refractivity contribution in [3.05, 3.63) is 91.3 Å². The molecule has 0 aliphatic heterocycles. The van der Waals surface area contributed by atoms with Gasteiger partial charge in [-0.2, -0.15) is 0 Å². The quantitative estimate of drug-likeness (QED) is 0.285. The lowest BCUT2D eigenvalue weighted by Crippen LogP contribution is -2.14. The van der Waals surface area contributed by atoms with Crippen LogP contribution in [0.15, 0.2) is 85.7 Å². The number of benzene rings is 4. The molecule has 0 radical (unpaired) electrons. The maximum atomic E-state index is 4.54. The Morgan fingerprint density at radius 2 is 1.15 bits per heavy atom. The summed E-state index contributed by atoms with van der Waals surface area (Å²) in [6.45, 7) is 6.82. The fourth-order valence-corrected chi connectivity index (χ4v) is 4.83. The third kappa shape index (κ3) is 3.08. The molecule has 0 amide bonds. The lowest BCUT2D eigenvalue weighted by Gasteiger charge is -2.26. The number of rotatable bonds is 3. The summed E-state index contributed by atoms with van der Waals surface area (Å²) in [6, 6.07) is 21.6. The van der Waals surface area contributed by atoms with Crippen LogP contribution in [0.4, 0.5) is 17.3 Å². The zero-order chi connectivity index (χ0) is 22.6. The van der Waals surface area contributed by atoms with Crippen molar-refractivity contribution in [2.75, 3.05) is 4.90 Å². The largest absolute Gasteiger partial charge is 0.278 e. The Morgan fingerprint density at radius 1 is 0.606 bits per heavy atom. The first kappa shape index (κ1) is 19.6. The Labute approximate surface area is 192 Å². The molecule has 0 unspecified atom stereocenters. The summed E-state index contributed by atoms with van der Waals surface area (Å²) < 4.78 is 0. The fraction of sp³-hybridized carbons (Fsp3) is 0.143. The first-order valence-electron chi connectivity index (χ1n) is 11.1. The van der Waals surface area contributed by atoms with Crippen LogP contribution >= 0.6 is 0 Å². The minimum Gasteiger partial charge on any atom is -0.278 e. The number of hydrogen-bond donors (Lipinski definition) is 0. The predicted molar refractivity (Wildman–Crippen MR) is 135 cm³/mol. The van der Waals surface area contributed by atoms with Crippen LogP contribution in [0.2, 0.25) is 0 Å². The average Bonchev–Trinajstić information content (AvgIpc) is 2.84. The molecule has 5 heteroatoms. The van der Waals surface area contributed by atoms with Crippen molar-refractivity contribution in [2.45, 2.75) is 26.2 Å². The van der Waals surface area contributed by atoms with Crippen molar-refractivity contribution < 1.29 is 0 Å². The number of hydrogen-bond acceptors (Lipinski definition) is 5. The van der Waals surface area contributed by atoms with Crippen molar-refractivity contribution >= 4 is 49.6 Å². The molecule has 0 fully saturated rings. The molecule has 4 aromatic carbocycles. The van der Waals surface area contributed by atoms with Crippen molar-refractivity contribution in [3.8, 4) is 0 Å². The summed E-state index contributed by atoms with van der Waals surface area (Å²) in [5.74, 6) is 1.52. The highest BCUT2D eigenvalue weighted by molar-refractivity contribution is 6.26. The second kappa shape index (κ2) is 7.20. The van der Waals surface area contributed by atoms with Crippen LogP contribution in [0.1, 0.15) is 26.3 Å². The number of nitrogens with zero attached hydrogens (tertiary/aromatic N) is 5. The van der Waals surface area contributed by atoms with E-state index in [-0.39, 0.29) is 5.41 Å². The molecule has 6 rings (SSSR count). The van der Waals surface area contributed by atoms with Gasteiger partial charge < -0.3 is 0 Å². The van der Waals surface area contributed by atoms with E-state index in [1.807, 2.05) is 12.1 Å². The summed E-state index contributed by atoms with van der Waals surface area (Å²) in [5.41, 5.74) is 2.44.